The lowest BCUT2D eigenvalue weighted by Gasteiger charge is -2.13. The van der Waals surface area contributed by atoms with E-state index in [-0.39, 0.29) is 29.4 Å². The molecule has 0 amide bonds. The van der Waals surface area contributed by atoms with Gasteiger partial charge in [0.1, 0.15) is 0 Å². The van der Waals surface area contributed by atoms with Gasteiger partial charge in [-0.1, -0.05) is 18.2 Å². The molecule has 1 aromatic rings. The van der Waals surface area contributed by atoms with Gasteiger partial charge in [0.2, 0.25) is 10.0 Å². The third-order valence-electron chi connectivity index (χ3n) is 3.20. The molecule has 1 aliphatic heterocycles. The predicted molar refractivity (Wildman–Crippen MR) is 79.4 cm³/mol. The molecule has 0 radical (unpaired) electrons. The fraction of sp³-hybridized carbons (Fsp3) is 0.462. The van der Waals surface area contributed by atoms with E-state index in [1.165, 1.54) is 13.0 Å². The zero-order valence-electron chi connectivity index (χ0n) is 12.0. The largest absolute Gasteiger partial charge is 0.466 e. The van der Waals surface area contributed by atoms with E-state index >= 15 is 0 Å². The molecule has 1 aromatic carbocycles. The predicted octanol–water partition coefficient (Wildman–Crippen LogP) is 0.388. The van der Waals surface area contributed by atoms with E-state index in [1.54, 1.807) is 18.2 Å². The first-order chi connectivity index (χ1) is 10.2. The number of benzene rings is 1. The lowest BCUT2D eigenvalue weighted by molar-refractivity contribution is -0.140. The number of rotatable bonds is 6. The molecule has 0 saturated carbocycles. The molecule has 1 atom stereocenters. The summed E-state index contributed by atoms with van der Waals surface area (Å²) in [6.07, 6.45) is 0.149. The standard InChI is InChI=1S/C13H17NO6S2/c1-10(15)20-7-4-8-22(18,19)14-12-9-21(16,17)13-6-3-2-5-11(12)13/h2-3,5-6,12,14H,4,7-9H2,1H3/t12-/m0/s1. The average Bonchev–Trinajstić information content (AvgIpc) is 2.66. The van der Waals surface area contributed by atoms with Crippen molar-refractivity contribution in [1.29, 1.82) is 0 Å². The third-order valence-corrected chi connectivity index (χ3v) is 6.48. The Bertz CT molecular complexity index is 769. The monoisotopic (exact) mass is 347 g/mol. The Morgan fingerprint density at radius 1 is 1.36 bits per heavy atom. The molecule has 122 valence electrons. The van der Waals surface area contributed by atoms with E-state index in [9.17, 15) is 21.6 Å². The zero-order chi connectivity index (χ0) is 16.4. The summed E-state index contributed by atoms with van der Waals surface area (Å²) >= 11 is 0. The van der Waals surface area contributed by atoms with E-state index in [0.29, 0.717) is 5.56 Å². The van der Waals surface area contributed by atoms with Crippen LogP contribution in [0.1, 0.15) is 24.9 Å². The Kier molecular flexibility index (Phi) is 4.88. The van der Waals surface area contributed by atoms with Crippen molar-refractivity contribution in [2.24, 2.45) is 0 Å². The quantitative estimate of drug-likeness (QED) is 0.589. The minimum atomic E-state index is -3.66. The minimum absolute atomic E-state index is 0.00972. The van der Waals surface area contributed by atoms with Gasteiger partial charge >= 0.3 is 5.97 Å². The second kappa shape index (κ2) is 6.35. The van der Waals surface area contributed by atoms with Gasteiger partial charge in [-0.3, -0.25) is 4.79 Å². The van der Waals surface area contributed by atoms with Crippen molar-refractivity contribution in [3.63, 3.8) is 0 Å². The van der Waals surface area contributed by atoms with Gasteiger partial charge in [0, 0.05) is 6.92 Å². The normalized spacial score (nSPS) is 19.6. The molecule has 0 spiro atoms. The molecule has 0 saturated heterocycles. The number of ether oxygens (including phenoxy) is 1. The molecule has 7 nitrogen and oxygen atoms in total. The van der Waals surface area contributed by atoms with Crippen molar-refractivity contribution in [1.82, 2.24) is 4.72 Å². The third kappa shape index (κ3) is 4.05. The van der Waals surface area contributed by atoms with Gasteiger partial charge in [-0.25, -0.2) is 21.6 Å². The van der Waals surface area contributed by atoms with Crippen molar-refractivity contribution < 1.29 is 26.4 Å². The van der Waals surface area contributed by atoms with Crippen LogP contribution in [0.2, 0.25) is 0 Å². The van der Waals surface area contributed by atoms with E-state index in [2.05, 4.69) is 9.46 Å². The van der Waals surface area contributed by atoms with Crippen LogP contribution in [0.3, 0.4) is 0 Å². The number of carbonyl (C=O) groups is 1. The Labute approximate surface area is 129 Å². The molecule has 9 heteroatoms. The maximum atomic E-state index is 12.0. The number of esters is 1. The fourth-order valence-corrected chi connectivity index (χ4v) is 5.39. The fourth-order valence-electron chi connectivity index (χ4n) is 2.29. The molecule has 0 bridgehead atoms. The van der Waals surface area contributed by atoms with Gasteiger partial charge < -0.3 is 4.74 Å². The van der Waals surface area contributed by atoms with Crippen LogP contribution < -0.4 is 4.72 Å². The van der Waals surface area contributed by atoms with E-state index in [0.717, 1.165) is 0 Å². The molecule has 1 heterocycles. The highest BCUT2D eigenvalue weighted by molar-refractivity contribution is 7.92. The van der Waals surface area contributed by atoms with Crippen LogP contribution in [-0.2, 0) is 29.4 Å². The molecule has 22 heavy (non-hydrogen) atoms. The summed E-state index contributed by atoms with van der Waals surface area (Å²) in [7, 11) is -7.12. The Morgan fingerprint density at radius 2 is 2.05 bits per heavy atom. The highest BCUT2D eigenvalue weighted by Gasteiger charge is 2.36. The van der Waals surface area contributed by atoms with Gasteiger partial charge in [-0.05, 0) is 18.1 Å². The first-order valence-electron chi connectivity index (χ1n) is 6.66. The first-order valence-corrected chi connectivity index (χ1v) is 9.97. The first kappa shape index (κ1) is 16.9. The number of sulfonamides is 1. The Balaban J connectivity index is 2.04. The molecule has 2 rings (SSSR count). The summed E-state index contributed by atoms with van der Waals surface area (Å²) in [5, 5.41) is 0. The summed E-state index contributed by atoms with van der Waals surface area (Å²) in [4.78, 5) is 10.8. The number of sulfone groups is 1. The molecule has 0 aliphatic carbocycles. The van der Waals surface area contributed by atoms with Gasteiger partial charge in [-0.2, -0.15) is 0 Å². The van der Waals surface area contributed by atoms with Crippen LogP contribution in [0.5, 0.6) is 0 Å². The molecule has 0 unspecified atom stereocenters. The lowest BCUT2D eigenvalue weighted by atomic mass is 10.1. The Morgan fingerprint density at radius 3 is 2.73 bits per heavy atom. The molecule has 1 N–H and O–H groups in total. The minimum Gasteiger partial charge on any atom is -0.466 e. The lowest BCUT2D eigenvalue weighted by Crippen LogP contribution is -2.32. The number of hydrogen-bond donors (Lipinski definition) is 1. The molecular weight excluding hydrogens is 330 g/mol. The topological polar surface area (TPSA) is 107 Å². The van der Waals surface area contributed by atoms with Crippen molar-refractivity contribution in [3.8, 4) is 0 Å². The van der Waals surface area contributed by atoms with E-state index < -0.39 is 31.9 Å². The molecular formula is C13H17NO6S2. The second-order valence-corrected chi connectivity index (χ2v) is 8.88. The number of carbonyl (C=O) groups excluding carboxylic acids is 1. The van der Waals surface area contributed by atoms with Crippen molar-refractivity contribution in [2.45, 2.75) is 24.3 Å². The number of nitrogens with one attached hydrogen (secondary N) is 1. The maximum absolute atomic E-state index is 12.0. The average molecular weight is 347 g/mol. The van der Waals surface area contributed by atoms with Gasteiger partial charge in [0.25, 0.3) is 0 Å². The van der Waals surface area contributed by atoms with Crippen LogP contribution in [-0.4, -0.2) is 40.9 Å². The number of hydrogen-bond acceptors (Lipinski definition) is 6. The highest BCUT2D eigenvalue weighted by Crippen LogP contribution is 2.33. The zero-order valence-corrected chi connectivity index (χ0v) is 13.6. The molecule has 0 aromatic heterocycles. The smallest absolute Gasteiger partial charge is 0.302 e. The van der Waals surface area contributed by atoms with Gasteiger partial charge in [-0.15, -0.1) is 0 Å². The van der Waals surface area contributed by atoms with Crippen molar-refractivity contribution in [3.05, 3.63) is 29.8 Å². The van der Waals surface area contributed by atoms with E-state index in [4.69, 9.17) is 0 Å². The van der Waals surface area contributed by atoms with Crippen LogP contribution in [0, 0.1) is 0 Å². The Hall–Kier alpha value is -1.45. The number of fused-ring (bicyclic) bond motifs is 1. The van der Waals surface area contributed by atoms with Crippen molar-refractivity contribution in [2.75, 3.05) is 18.1 Å². The second-order valence-electron chi connectivity index (χ2n) is 5.00. The SMILES string of the molecule is CC(=O)OCCCS(=O)(=O)N[C@H]1CS(=O)(=O)c2ccccc21. The summed E-state index contributed by atoms with van der Waals surface area (Å²) in [5.74, 6) is -0.990. The van der Waals surface area contributed by atoms with Crippen molar-refractivity contribution >= 4 is 25.8 Å². The van der Waals surface area contributed by atoms with Crippen LogP contribution in [0.25, 0.3) is 0 Å². The summed E-state index contributed by atoms with van der Waals surface area (Å²) < 4.78 is 55.1. The van der Waals surface area contributed by atoms with Crippen LogP contribution in [0.15, 0.2) is 29.2 Å². The van der Waals surface area contributed by atoms with E-state index in [1.807, 2.05) is 0 Å². The summed E-state index contributed by atoms with van der Waals surface area (Å²) in [6, 6.07) is 5.57. The van der Waals surface area contributed by atoms with Crippen LogP contribution in [0.4, 0.5) is 0 Å². The highest BCUT2D eigenvalue weighted by atomic mass is 32.2. The molecule has 0 fully saturated rings. The van der Waals surface area contributed by atoms with Gasteiger partial charge in [0.15, 0.2) is 9.84 Å². The maximum Gasteiger partial charge on any atom is 0.302 e. The summed E-state index contributed by atoms with van der Waals surface area (Å²) in [5.41, 5.74) is 0.464. The van der Waals surface area contributed by atoms with Gasteiger partial charge in [0.05, 0.1) is 29.0 Å². The van der Waals surface area contributed by atoms with Crippen LogP contribution >= 0.6 is 0 Å². The summed E-state index contributed by atoms with van der Waals surface area (Å²) in [6.45, 7) is 1.25. The molecule has 1 aliphatic rings.